The normalized spacial score (nSPS) is 13.5. The number of amides is 1. The molecule has 6 heteroatoms. The Bertz CT molecular complexity index is 506. The van der Waals surface area contributed by atoms with Crippen molar-refractivity contribution < 1.29 is 13.7 Å². The number of hydrogen-bond acceptors (Lipinski definition) is 4. The molecule has 5 nitrogen and oxygen atoms in total. The van der Waals surface area contributed by atoms with Gasteiger partial charge in [-0.15, -0.1) is 0 Å². The molecule has 0 fully saturated rings. The molecule has 0 bridgehead atoms. The molecule has 0 spiro atoms. The molecule has 3 N–H and O–H groups in total. The maximum atomic E-state index is 12.1. The summed E-state index contributed by atoms with van der Waals surface area (Å²) in [7, 11) is 0.390. The number of rotatable bonds is 8. The molecule has 1 rings (SSSR count). The zero-order valence-corrected chi connectivity index (χ0v) is 13.7. The highest BCUT2D eigenvalue weighted by molar-refractivity contribution is 7.86. The quantitative estimate of drug-likeness (QED) is 0.571. The fourth-order valence-electron chi connectivity index (χ4n) is 1.81. The van der Waals surface area contributed by atoms with Crippen LogP contribution in [-0.2, 0) is 15.6 Å². The van der Waals surface area contributed by atoms with Gasteiger partial charge in [0.2, 0.25) is 5.91 Å². The lowest BCUT2D eigenvalue weighted by Gasteiger charge is -2.14. The van der Waals surface area contributed by atoms with Crippen LogP contribution in [0, 0.1) is 0 Å². The molecule has 21 heavy (non-hydrogen) atoms. The van der Waals surface area contributed by atoms with Gasteiger partial charge in [-0.2, -0.15) is 0 Å². The van der Waals surface area contributed by atoms with Crippen molar-refractivity contribution >= 4 is 28.1 Å². The van der Waals surface area contributed by atoms with Crippen LogP contribution in [0.2, 0.25) is 0 Å². The molecule has 0 saturated carbocycles. The van der Waals surface area contributed by atoms with Crippen LogP contribution < -0.4 is 15.8 Å². The predicted octanol–water partition coefficient (Wildman–Crippen LogP) is 2.54. The van der Waals surface area contributed by atoms with Crippen LogP contribution in [0.3, 0.4) is 0 Å². The summed E-state index contributed by atoms with van der Waals surface area (Å²) in [4.78, 5) is 12.1. The predicted molar refractivity (Wildman–Crippen MR) is 88.0 cm³/mol. The first kappa shape index (κ1) is 17.5. The Morgan fingerprint density at radius 3 is 2.71 bits per heavy atom. The number of methoxy groups -OCH3 is 1. The first-order chi connectivity index (χ1) is 9.99. The van der Waals surface area contributed by atoms with Crippen molar-refractivity contribution in [3.63, 3.8) is 0 Å². The molecular formula is C15H24N2O3S. The summed E-state index contributed by atoms with van der Waals surface area (Å²) in [5.41, 5.74) is 6.78. The van der Waals surface area contributed by atoms with E-state index < -0.39 is 16.0 Å². The molecule has 2 atom stereocenters. The van der Waals surface area contributed by atoms with E-state index in [0.717, 1.165) is 19.3 Å². The molecule has 0 aliphatic heterocycles. The van der Waals surface area contributed by atoms with Gasteiger partial charge in [0.05, 0.1) is 18.5 Å². The van der Waals surface area contributed by atoms with E-state index in [9.17, 15) is 9.00 Å². The zero-order valence-electron chi connectivity index (χ0n) is 12.8. The van der Waals surface area contributed by atoms with E-state index in [1.807, 2.05) is 0 Å². The fourth-order valence-corrected chi connectivity index (χ4v) is 2.95. The monoisotopic (exact) mass is 312 g/mol. The highest BCUT2D eigenvalue weighted by Crippen LogP contribution is 2.24. The van der Waals surface area contributed by atoms with Gasteiger partial charge in [0.25, 0.3) is 0 Å². The molecule has 0 heterocycles. The maximum absolute atomic E-state index is 12.1. The zero-order chi connectivity index (χ0) is 15.8. The molecule has 2 unspecified atom stereocenters. The molecule has 0 aliphatic carbocycles. The van der Waals surface area contributed by atoms with Gasteiger partial charge in [-0.1, -0.05) is 19.8 Å². The Morgan fingerprint density at radius 2 is 2.14 bits per heavy atom. The molecule has 1 amide bonds. The third kappa shape index (κ3) is 5.38. The summed E-state index contributed by atoms with van der Waals surface area (Å²) in [5, 5.41) is 2.17. The lowest BCUT2D eigenvalue weighted by atomic mass is 10.2. The Kier molecular flexibility index (Phi) is 7.22. The van der Waals surface area contributed by atoms with Crippen molar-refractivity contribution in [2.75, 3.05) is 23.9 Å². The largest absolute Gasteiger partial charge is 0.497 e. The summed E-state index contributed by atoms with van der Waals surface area (Å²) in [6.07, 6.45) is 2.98. The van der Waals surface area contributed by atoms with Gasteiger partial charge >= 0.3 is 0 Å². The average Bonchev–Trinajstić information content (AvgIpc) is 2.48. The molecular weight excluding hydrogens is 288 g/mol. The van der Waals surface area contributed by atoms with E-state index in [1.165, 1.54) is 0 Å². The summed E-state index contributed by atoms with van der Waals surface area (Å²) < 4.78 is 17.1. The first-order valence-corrected chi connectivity index (χ1v) is 8.49. The Hall–Kier alpha value is -1.56. The van der Waals surface area contributed by atoms with E-state index in [1.54, 1.807) is 32.2 Å². The summed E-state index contributed by atoms with van der Waals surface area (Å²) in [6.45, 7) is 3.77. The van der Waals surface area contributed by atoms with Gasteiger partial charge in [0, 0.05) is 22.6 Å². The minimum Gasteiger partial charge on any atom is -0.497 e. The van der Waals surface area contributed by atoms with Gasteiger partial charge in [0.15, 0.2) is 0 Å². The molecule has 1 aromatic rings. The van der Waals surface area contributed by atoms with Crippen LogP contribution in [0.5, 0.6) is 5.75 Å². The first-order valence-electron chi connectivity index (χ1n) is 7.11. The minimum atomic E-state index is -1.16. The number of unbranched alkanes of at least 4 members (excludes halogenated alkanes) is 2. The molecule has 0 radical (unpaired) electrons. The summed E-state index contributed by atoms with van der Waals surface area (Å²) >= 11 is 0. The van der Waals surface area contributed by atoms with Crippen molar-refractivity contribution in [1.82, 2.24) is 0 Å². The van der Waals surface area contributed by atoms with E-state index in [4.69, 9.17) is 10.5 Å². The topological polar surface area (TPSA) is 81.4 Å². The Balaban J connectivity index is 2.61. The van der Waals surface area contributed by atoms with E-state index in [2.05, 4.69) is 12.2 Å². The standard InChI is InChI=1S/C15H24N2O3S/c1-4-5-6-9-21(19)11(2)15(18)17-14-8-7-12(20-3)10-13(14)16/h7-8,10-11H,4-6,9,16H2,1-3H3,(H,17,18). The Labute approximate surface area is 128 Å². The van der Waals surface area contributed by atoms with E-state index in [0.29, 0.717) is 22.9 Å². The molecule has 0 aliphatic rings. The number of carbonyl (C=O) groups excluding carboxylic acids is 1. The molecule has 1 aromatic carbocycles. The van der Waals surface area contributed by atoms with Crippen molar-refractivity contribution in [2.45, 2.75) is 38.4 Å². The van der Waals surface area contributed by atoms with Gasteiger partial charge < -0.3 is 15.8 Å². The number of anilines is 2. The SMILES string of the molecule is CCCCCS(=O)C(C)C(=O)Nc1ccc(OC)cc1N. The van der Waals surface area contributed by atoms with Gasteiger partial charge in [-0.3, -0.25) is 9.00 Å². The highest BCUT2D eigenvalue weighted by atomic mass is 32.2. The lowest BCUT2D eigenvalue weighted by molar-refractivity contribution is -0.115. The number of benzene rings is 1. The number of ether oxygens (including phenoxy) is 1. The number of nitrogens with one attached hydrogen (secondary N) is 1. The van der Waals surface area contributed by atoms with Crippen molar-refractivity contribution in [1.29, 1.82) is 0 Å². The molecule has 0 saturated heterocycles. The van der Waals surface area contributed by atoms with Crippen LogP contribution in [0.25, 0.3) is 0 Å². The van der Waals surface area contributed by atoms with E-state index >= 15 is 0 Å². The smallest absolute Gasteiger partial charge is 0.239 e. The Morgan fingerprint density at radius 1 is 1.43 bits per heavy atom. The van der Waals surface area contributed by atoms with Crippen molar-refractivity contribution in [3.05, 3.63) is 18.2 Å². The molecule has 118 valence electrons. The molecule has 0 aromatic heterocycles. The maximum Gasteiger partial charge on any atom is 0.239 e. The lowest BCUT2D eigenvalue weighted by Crippen LogP contribution is -2.30. The van der Waals surface area contributed by atoms with Gasteiger partial charge in [0.1, 0.15) is 11.0 Å². The number of nitrogen functional groups attached to an aromatic ring is 1. The summed E-state index contributed by atoms with van der Waals surface area (Å²) in [5.74, 6) is 0.906. The van der Waals surface area contributed by atoms with Crippen LogP contribution in [-0.4, -0.2) is 28.2 Å². The number of carbonyl (C=O) groups is 1. The van der Waals surface area contributed by atoms with Crippen molar-refractivity contribution in [2.24, 2.45) is 0 Å². The van der Waals surface area contributed by atoms with Gasteiger partial charge in [-0.05, 0) is 25.5 Å². The summed E-state index contributed by atoms with van der Waals surface area (Å²) in [6, 6.07) is 5.03. The minimum absolute atomic E-state index is 0.276. The van der Waals surface area contributed by atoms with Crippen LogP contribution in [0.1, 0.15) is 33.1 Å². The highest BCUT2D eigenvalue weighted by Gasteiger charge is 2.20. The fraction of sp³-hybridized carbons (Fsp3) is 0.533. The van der Waals surface area contributed by atoms with Gasteiger partial charge in [-0.25, -0.2) is 0 Å². The third-order valence-electron chi connectivity index (χ3n) is 3.23. The van der Waals surface area contributed by atoms with Crippen LogP contribution in [0.4, 0.5) is 11.4 Å². The number of nitrogens with two attached hydrogens (primary N) is 1. The third-order valence-corrected chi connectivity index (χ3v) is 4.92. The second-order valence-corrected chi connectivity index (χ2v) is 6.75. The average molecular weight is 312 g/mol. The van der Waals surface area contributed by atoms with Crippen LogP contribution in [0.15, 0.2) is 18.2 Å². The second kappa shape index (κ2) is 8.67. The van der Waals surface area contributed by atoms with Crippen molar-refractivity contribution in [3.8, 4) is 5.75 Å². The van der Waals surface area contributed by atoms with E-state index in [-0.39, 0.29) is 5.91 Å². The second-order valence-electron chi connectivity index (χ2n) is 4.88. The van der Waals surface area contributed by atoms with Crippen LogP contribution >= 0.6 is 0 Å². The number of hydrogen-bond donors (Lipinski definition) is 2.